The molecule has 0 aromatic carbocycles. The zero-order chi connectivity index (χ0) is 22.8. The molecule has 5 atom stereocenters. The maximum atomic E-state index is 12.9. The molecular formula is C19H25N2O9P. The number of phosphoric acid groups is 1. The molecule has 0 aromatic rings. The van der Waals surface area contributed by atoms with Crippen LogP contribution < -0.4 is 0 Å². The molecule has 0 aliphatic carbocycles. The number of carbonyl (C=O) groups excluding carboxylic acids is 3. The third kappa shape index (κ3) is 5.05. The minimum atomic E-state index is -4.01. The molecule has 3 heterocycles. The normalized spacial score (nSPS) is 35.2. The summed E-state index contributed by atoms with van der Waals surface area (Å²) < 4.78 is 39.9. The Balaban J connectivity index is 1.64. The number of fused-ring (bicyclic) bond motifs is 1. The Hall–Kier alpha value is -2.09. The first-order chi connectivity index (χ1) is 14.6. The second kappa shape index (κ2) is 9.18. The predicted molar refractivity (Wildman–Crippen MR) is 103 cm³/mol. The van der Waals surface area contributed by atoms with Crippen LogP contribution in [-0.2, 0) is 42.0 Å². The fraction of sp³-hybridized carbons (Fsp3) is 0.684. The minimum Gasteiger partial charge on any atom is -0.463 e. The maximum absolute atomic E-state index is 12.9. The van der Waals surface area contributed by atoms with Gasteiger partial charge in [0.25, 0.3) is 0 Å². The van der Waals surface area contributed by atoms with Crippen molar-refractivity contribution in [3.63, 3.8) is 0 Å². The van der Waals surface area contributed by atoms with Gasteiger partial charge in [-0.05, 0) is 33.3 Å². The molecule has 0 N–H and O–H groups in total. The van der Waals surface area contributed by atoms with Crippen molar-refractivity contribution in [2.75, 3.05) is 13.2 Å². The van der Waals surface area contributed by atoms with Crippen molar-refractivity contribution < 1.29 is 42.0 Å². The lowest BCUT2D eigenvalue weighted by Crippen LogP contribution is -2.49. The molecule has 1 amide bonds. The number of ether oxygens (including phenoxy) is 2. The van der Waals surface area contributed by atoms with E-state index < -0.39 is 43.6 Å². The molecule has 0 spiro atoms. The molecule has 31 heavy (non-hydrogen) atoms. The Morgan fingerprint density at radius 3 is 2.84 bits per heavy atom. The topological polar surface area (TPSA) is 141 Å². The van der Waals surface area contributed by atoms with E-state index in [1.807, 2.05) is 0 Å². The first-order valence-corrected chi connectivity index (χ1v) is 11.4. The first kappa shape index (κ1) is 23.6. The van der Waals surface area contributed by atoms with Gasteiger partial charge in [-0.1, -0.05) is 0 Å². The van der Waals surface area contributed by atoms with Crippen molar-refractivity contribution in [2.45, 2.75) is 64.6 Å². The summed E-state index contributed by atoms with van der Waals surface area (Å²) in [6.07, 6.45) is -0.533. The van der Waals surface area contributed by atoms with Gasteiger partial charge >= 0.3 is 13.8 Å². The number of nitriles is 1. The largest absolute Gasteiger partial charge is 0.475 e. The first-order valence-electron chi connectivity index (χ1n) is 9.94. The van der Waals surface area contributed by atoms with Gasteiger partial charge in [-0.3, -0.25) is 32.9 Å². The van der Waals surface area contributed by atoms with Crippen LogP contribution in [0, 0.1) is 16.7 Å². The number of ketones is 1. The molecule has 3 aliphatic rings. The summed E-state index contributed by atoms with van der Waals surface area (Å²) in [5.41, 5.74) is -1.39. The standard InChI is InChI=1S/C19H25N2O9P/c1-12(2)28-16(24)5-4-8-26-31(25)27-10-14-17(30-31)19(3,11-20)18(29-14)21-7-6-13(22)9-15(21)23/h6-7,12,14,17-18H,4-5,8-10H2,1-3H3/t14-,17-,18-,19-,31-/m1/s1. The Labute approximate surface area is 179 Å². The van der Waals surface area contributed by atoms with E-state index in [0.29, 0.717) is 0 Å². The van der Waals surface area contributed by atoms with Crippen LogP contribution in [0.1, 0.15) is 40.0 Å². The van der Waals surface area contributed by atoms with E-state index >= 15 is 0 Å². The van der Waals surface area contributed by atoms with Gasteiger partial charge in [0, 0.05) is 12.6 Å². The van der Waals surface area contributed by atoms with Gasteiger partial charge in [-0.2, -0.15) is 5.26 Å². The van der Waals surface area contributed by atoms with Gasteiger partial charge in [0.15, 0.2) is 12.0 Å². The summed E-state index contributed by atoms with van der Waals surface area (Å²) in [7, 11) is -4.01. The Kier molecular flexibility index (Phi) is 6.98. The average molecular weight is 456 g/mol. The highest BCUT2D eigenvalue weighted by atomic mass is 31.2. The van der Waals surface area contributed by atoms with E-state index in [4.69, 9.17) is 23.0 Å². The van der Waals surface area contributed by atoms with Crippen molar-refractivity contribution in [1.82, 2.24) is 4.90 Å². The summed E-state index contributed by atoms with van der Waals surface area (Å²) in [6, 6.07) is 2.10. The Morgan fingerprint density at radius 2 is 2.19 bits per heavy atom. The fourth-order valence-corrected chi connectivity index (χ4v) is 5.07. The summed E-state index contributed by atoms with van der Waals surface area (Å²) in [4.78, 5) is 36.5. The van der Waals surface area contributed by atoms with Crippen LogP contribution in [0.4, 0.5) is 0 Å². The highest BCUT2D eigenvalue weighted by molar-refractivity contribution is 7.48. The van der Waals surface area contributed by atoms with E-state index in [2.05, 4.69) is 6.07 Å². The van der Waals surface area contributed by atoms with Crippen LogP contribution in [-0.4, -0.2) is 60.3 Å². The van der Waals surface area contributed by atoms with Crippen LogP contribution in [0.2, 0.25) is 0 Å². The molecule has 2 fully saturated rings. The number of rotatable bonds is 7. The Morgan fingerprint density at radius 1 is 1.45 bits per heavy atom. The van der Waals surface area contributed by atoms with Crippen LogP contribution in [0.5, 0.6) is 0 Å². The van der Waals surface area contributed by atoms with E-state index in [-0.39, 0.29) is 44.4 Å². The van der Waals surface area contributed by atoms with Gasteiger partial charge < -0.3 is 9.47 Å². The monoisotopic (exact) mass is 456 g/mol. The molecule has 3 aliphatic heterocycles. The third-order valence-electron chi connectivity index (χ3n) is 5.05. The smallest absolute Gasteiger partial charge is 0.463 e. The fourth-order valence-electron chi connectivity index (χ4n) is 3.55. The van der Waals surface area contributed by atoms with Crippen molar-refractivity contribution in [1.29, 1.82) is 5.26 Å². The number of esters is 1. The van der Waals surface area contributed by atoms with Crippen molar-refractivity contribution in [3.05, 3.63) is 12.3 Å². The molecule has 0 unspecified atom stereocenters. The molecule has 0 saturated carbocycles. The highest BCUT2D eigenvalue weighted by Crippen LogP contribution is 2.59. The number of hydrogen-bond donors (Lipinski definition) is 0. The van der Waals surface area contributed by atoms with Gasteiger partial charge in [-0.25, -0.2) is 4.57 Å². The van der Waals surface area contributed by atoms with Crippen LogP contribution >= 0.6 is 7.82 Å². The summed E-state index contributed by atoms with van der Waals surface area (Å²) in [5, 5.41) is 9.86. The number of nitrogens with zero attached hydrogens (tertiary/aromatic N) is 2. The number of hydrogen-bond acceptors (Lipinski definition) is 10. The molecule has 11 nitrogen and oxygen atoms in total. The van der Waals surface area contributed by atoms with Crippen LogP contribution in [0.15, 0.2) is 12.3 Å². The van der Waals surface area contributed by atoms with Gasteiger partial charge in [0.1, 0.15) is 17.6 Å². The highest BCUT2D eigenvalue weighted by Gasteiger charge is 2.62. The Bertz CT molecular complexity index is 867. The molecule has 3 rings (SSSR count). The second-order valence-electron chi connectivity index (χ2n) is 7.93. The molecular weight excluding hydrogens is 431 g/mol. The molecule has 0 bridgehead atoms. The number of amides is 1. The second-order valence-corrected chi connectivity index (χ2v) is 9.55. The molecule has 0 radical (unpaired) electrons. The quantitative estimate of drug-likeness (QED) is 0.241. The van der Waals surface area contributed by atoms with Gasteiger partial charge in [0.05, 0.1) is 31.8 Å². The van der Waals surface area contributed by atoms with Crippen LogP contribution in [0.3, 0.4) is 0 Å². The maximum Gasteiger partial charge on any atom is 0.475 e. The number of allylic oxidation sites excluding steroid dienone is 1. The zero-order valence-electron chi connectivity index (χ0n) is 17.5. The van der Waals surface area contributed by atoms with Crippen LogP contribution in [0.25, 0.3) is 0 Å². The zero-order valence-corrected chi connectivity index (χ0v) is 18.4. The third-order valence-corrected chi connectivity index (χ3v) is 6.50. The van der Waals surface area contributed by atoms with Crippen molar-refractivity contribution >= 4 is 25.5 Å². The lowest BCUT2D eigenvalue weighted by molar-refractivity contribution is -0.148. The minimum absolute atomic E-state index is 0.0768. The van der Waals surface area contributed by atoms with E-state index in [0.717, 1.165) is 0 Å². The summed E-state index contributed by atoms with van der Waals surface area (Å²) >= 11 is 0. The van der Waals surface area contributed by atoms with E-state index in [9.17, 15) is 24.2 Å². The molecule has 0 aromatic heterocycles. The predicted octanol–water partition coefficient (Wildman–Crippen LogP) is 1.83. The summed E-state index contributed by atoms with van der Waals surface area (Å²) in [6.45, 7) is 4.75. The van der Waals surface area contributed by atoms with E-state index in [1.165, 1.54) is 24.1 Å². The number of phosphoric ester groups is 1. The average Bonchev–Trinajstić information content (AvgIpc) is 2.97. The lowest BCUT2D eigenvalue weighted by atomic mass is 9.83. The van der Waals surface area contributed by atoms with E-state index in [1.54, 1.807) is 13.8 Å². The van der Waals surface area contributed by atoms with Gasteiger partial charge in [-0.15, -0.1) is 0 Å². The van der Waals surface area contributed by atoms with Crippen molar-refractivity contribution in [3.8, 4) is 6.07 Å². The SMILES string of the molecule is CC(C)OC(=O)CCCO[P@]1(=O)OC[C@H]2O[C@@H](N3C=CC(=O)CC3=O)[C@](C)(C#N)[C@@H]2O1. The van der Waals surface area contributed by atoms with Gasteiger partial charge in [0.2, 0.25) is 5.91 Å². The van der Waals surface area contributed by atoms with Crippen molar-refractivity contribution in [2.24, 2.45) is 5.41 Å². The summed E-state index contributed by atoms with van der Waals surface area (Å²) in [5.74, 6) is -1.25. The molecule has 170 valence electrons. The molecule has 12 heteroatoms. The molecule has 2 saturated heterocycles. The number of carbonyl (C=O) groups is 3. The lowest BCUT2D eigenvalue weighted by Gasteiger charge is -2.36.